The van der Waals surface area contributed by atoms with Crippen LogP contribution in [0, 0.1) is 5.92 Å². The summed E-state index contributed by atoms with van der Waals surface area (Å²) >= 11 is 11.7. The second-order valence-electron chi connectivity index (χ2n) is 4.01. The Bertz CT molecular complexity index is 455. The maximum Gasteiger partial charge on any atom is 0.308 e. The number of carboxylic acids is 1. The van der Waals surface area contributed by atoms with Crippen LogP contribution in [0.2, 0.25) is 10.3 Å². The van der Waals surface area contributed by atoms with E-state index in [1.807, 2.05) is 11.8 Å². The van der Waals surface area contributed by atoms with E-state index in [0.29, 0.717) is 18.7 Å². The molecule has 7 heteroatoms. The Morgan fingerprint density at radius 3 is 2.82 bits per heavy atom. The fraction of sp³-hybridized carbons (Fsp3) is 0.500. The lowest BCUT2D eigenvalue weighted by molar-refractivity contribution is -0.141. The Morgan fingerprint density at radius 1 is 1.53 bits per heavy atom. The maximum absolute atomic E-state index is 11.0. The largest absolute Gasteiger partial charge is 0.481 e. The quantitative estimate of drug-likeness (QED) is 0.895. The number of anilines is 1. The smallest absolute Gasteiger partial charge is 0.308 e. The summed E-state index contributed by atoms with van der Waals surface area (Å²) in [5.74, 6) is -1.18. The van der Waals surface area contributed by atoms with E-state index in [0.717, 1.165) is 0 Å². The summed E-state index contributed by atoms with van der Waals surface area (Å²) in [5.41, 5.74) is 0.642. The van der Waals surface area contributed by atoms with Crippen molar-refractivity contribution in [2.24, 2.45) is 5.92 Å². The van der Waals surface area contributed by atoms with Crippen molar-refractivity contribution >= 4 is 34.9 Å². The highest BCUT2D eigenvalue weighted by molar-refractivity contribution is 6.33. The minimum absolute atomic E-state index is 0.134. The molecule has 92 valence electrons. The van der Waals surface area contributed by atoms with Gasteiger partial charge in [0.05, 0.1) is 11.6 Å². The third-order valence-corrected chi connectivity index (χ3v) is 3.54. The maximum atomic E-state index is 11.0. The van der Waals surface area contributed by atoms with Crippen molar-refractivity contribution in [3.8, 4) is 0 Å². The molecule has 1 aliphatic rings. The summed E-state index contributed by atoms with van der Waals surface area (Å²) in [4.78, 5) is 12.9. The molecule has 2 heterocycles. The molecule has 2 atom stereocenters. The normalized spacial score (nSPS) is 24.1. The minimum atomic E-state index is -0.788. The summed E-state index contributed by atoms with van der Waals surface area (Å²) < 4.78 is 0. The first-order chi connectivity index (χ1) is 8.00. The van der Waals surface area contributed by atoms with E-state index in [-0.39, 0.29) is 16.3 Å². The van der Waals surface area contributed by atoms with Crippen molar-refractivity contribution in [1.29, 1.82) is 0 Å². The van der Waals surface area contributed by atoms with Crippen LogP contribution in [0.4, 0.5) is 5.69 Å². The van der Waals surface area contributed by atoms with E-state index in [2.05, 4.69) is 10.2 Å². The van der Waals surface area contributed by atoms with Gasteiger partial charge in [-0.1, -0.05) is 23.2 Å². The Hall–Kier alpha value is -1.07. The second kappa shape index (κ2) is 4.66. The summed E-state index contributed by atoms with van der Waals surface area (Å²) in [6.45, 7) is 2.48. The molecule has 1 aliphatic heterocycles. The standard InChI is InChI=1S/C10H11Cl2N3O2/c1-5-6(10(16)17)2-3-15(5)7-4-8(11)13-14-9(7)12/h4-6H,2-3H2,1H3,(H,16,17). The number of carboxylic acid groups (broad SMARTS) is 1. The first-order valence-electron chi connectivity index (χ1n) is 5.19. The predicted octanol–water partition coefficient (Wildman–Crippen LogP) is 2.08. The van der Waals surface area contributed by atoms with Gasteiger partial charge in [0.2, 0.25) is 0 Å². The van der Waals surface area contributed by atoms with Crippen molar-refractivity contribution in [1.82, 2.24) is 10.2 Å². The molecular formula is C10H11Cl2N3O2. The van der Waals surface area contributed by atoms with Crippen molar-refractivity contribution < 1.29 is 9.90 Å². The van der Waals surface area contributed by atoms with E-state index in [4.69, 9.17) is 28.3 Å². The number of carbonyl (C=O) groups is 1. The molecule has 0 spiro atoms. The van der Waals surface area contributed by atoms with E-state index >= 15 is 0 Å². The molecule has 1 N–H and O–H groups in total. The molecule has 0 aromatic carbocycles. The first-order valence-corrected chi connectivity index (χ1v) is 5.94. The van der Waals surface area contributed by atoms with Crippen LogP contribution < -0.4 is 4.90 Å². The minimum Gasteiger partial charge on any atom is -0.481 e. The summed E-state index contributed by atoms with van der Waals surface area (Å²) in [5, 5.41) is 16.9. The highest BCUT2D eigenvalue weighted by Gasteiger charge is 2.36. The average molecular weight is 276 g/mol. The van der Waals surface area contributed by atoms with Gasteiger partial charge in [-0.3, -0.25) is 4.79 Å². The van der Waals surface area contributed by atoms with Crippen LogP contribution in [-0.4, -0.2) is 33.9 Å². The topological polar surface area (TPSA) is 66.3 Å². The number of hydrogen-bond donors (Lipinski definition) is 1. The van der Waals surface area contributed by atoms with Crippen LogP contribution in [0.5, 0.6) is 0 Å². The lowest BCUT2D eigenvalue weighted by Crippen LogP contribution is -2.33. The zero-order chi connectivity index (χ0) is 12.6. The number of halogens is 2. The number of aliphatic carboxylic acids is 1. The van der Waals surface area contributed by atoms with Crippen LogP contribution in [0.1, 0.15) is 13.3 Å². The van der Waals surface area contributed by atoms with Gasteiger partial charge in [0, 0.05) is 18.7 Å². The second-order valence-corrected chi connectivity index (χ2v) is 4.76. The van der Waals surface area contributed by atoms with Gasteiger partial charge in [-0.05, 0) is 13.3 Å². The van der Waals surface area contributed by atoms with E-state index in [9.17, 15) is 4.79 Å². The van der Waals surface area contributed by atoms with Crippen molar-refractivity contribution in [3.63, 3.8) is 0 Å². The van der Waals surface area contributed by atoms with Gasteiger partial charge in [-0.2, -0.15) is 0 Å². The molecule has 1 aromatic heterocycles. The SMILES string of the molecule is CC1C(C(=O)O)CCN1c1cc(Cl)nnc1Cl. The summed E-state index contributed by atoms with van der Waals surface area (Å²) in [7, 11) is 0. The molecule has 1 fully saturated rings. The van der Waals surface area contributed by atoms with Crippen LogP contribution in [0.3, 0.4) is 0 Å². The van der Waals surface area contributed by atoms with Crippen LogP contribution in [0.25, 0.3) is 0 Å². The molecule has 5 nitrogen and oxygen atoms in total. The summed E-state index contributed by atoms with van der Waals surface area (Å²) in [6.07, 6.45) is 0.590. The van der Waals surface area contributed by atoms with Crippen LogP contribution in [0.15, 0.2) is 6.07 Å². The zero-order valence-corrected chi connectivity index (χ0v) is 10.6. The fourth-order valence-corrected chi connectivity index (χ4v) is 2.50. The monoisotopic (exact) mass is 275 g/mol. The molecule has 0 saturated carbocycles. The Balaban J connectivity index is 2.30. The fourth-order valence-electron chi connectivity index (χ4n) is 2.16. The lowest BCUT2D eigenvalue weighted by Gasteiger charge is -2.25. The zero-order valence-electron chi connectivity index (χ0n) is 9.10. The molecule has 2 rings (SSSR count). The van der Waals surface area contributed by atoms with Gasteiger partial charge in [-0.15, -0.1) is 10.2 Å². The van der Waals surface area contributed by atoms with E-state index in [1.54, 1.807) is 6.07 Å². The Kier molecular flexibility index (Phi) is 3.40. The molecular weight excluding hydrogens is 265 g/mol. The Morgan fingerprint density at radius 2 is 2.24 bits per heavy atom. The highest BCUT2D eigenvalue weighted by Crippen LogP contribution is 2.34. The molecule has 0 amide bonds. The highest BCUT2D eigenvalue weighted by atomic mass is 35.5. The molecule has 2 unspecified atom stereocenters. The van der Waals surface area contributed by atoms with Gasteiger partial charge in [0.25, 0.3) is 0 Å². The molecule has 0 bridgehead atoms. The lowest BCUT2D eigenvalue weighted by atomic mass is 10.0. The Labute approximate surface area is 108 Å². The third-order valence-electron chi connectivity index (χ3n) is 3.08. The molecule has 17 heavy (non-hydrogen) atoms. The van der Waals surface area contributed by atoms with Crippen molar-refractivity contribution in [2.75, 3.05) is 11.4 Å². The number of rotatable bonds is 2. The average Bonchev–Trinajstić information content (AvgIpc) is 2.64. The van der Waals surface area contributed by atoms with Crippen LogP contribution in [-0.2, 0) is 4.79 Å². The van der Waals surface area contributed by atoms with Gasteiger partial charge >= 0.3 is 5.97 Å². The third kappa shape index (κ3) is 2.30. The number of aromatic nitrogens is 2. The number of hydrogen-bond acceptors (Lipinski definition) is 4. The van der Waals surface area contributed by atoms with Crippen molar-refractivity contribution in [2.45, 2.75) is 19.4 Å². The van der Waals surface area contributed by atoms with Gasteiger partial charge in [0.15, 0.2) is 10.3 Å². The van der Waals surface area contributed by atoms with E-state index < -0.39 is 11.9 Å². The van der Waals surface area contributed by atoms with Gasteiger partial charge < -0.3 is 10.0 Å². The van der Waals surface area contributed by atoms with E-state index in [1.165, 1.54) is 0 Å². The van der Waals surface area contributed by atoms with Gasteiger partial charge in [-0.25, -0.2) is 0 Å². The first kappa shape index (κ1) is 12.4. The predicted molar refractivity (Wildman–Crippen MR) is 64.6 cm³/mol. The van der Waals surface area contributed by atoms with Gasteiger partial charge in [0.1, 0.15) is 0 Å². The summed E-state index contributed by atoms with van der Waals surface area (Å²) in [6, 6.07) is 1.47. The van der Waals surface area contributed by atoms with Crippen molar-refractivity contribution in [3.05, 3.63) is 16.4 Å². The molecule has 1 saturated heterocycles. The van der Waals surface area contributed by atoms with Crippen LogP contribution >= 0.6 is 23.2 Å². The molecule has 0 radical (unpaired) electrons. The number of nitrogens with zero attached hydrogens (tertiary/aromatic N) is 3. The molecule has 0 aliphatic carbocycles. The molecule has 1 aromatic rings.